The van der Waals surface area contributed by atoms with E-state index in [0.29, 0.717) is 0 Å². The van der Waals surface area contributed by atoms with Crippen molar-refractivity contribution in [2.24, 2.45) is 5.14 Å². The van der Waals surface area contributed by atoms with Crippen LogP contribution < -0.4 is 9.86 Å². The lowest BCUT2D eigenvalue weighted by atomic mass is 10.1. The van der Waals surface area contributed by atoms with Crippen LogP contribution in [-0.2, 0) is 20.0 Å². The highest BCUT2D eigenvalue weighted by Crippen LogP contribution is 2.28. The van der Waals surface area contributed by atoms with Gasteiger partial charge in [-0.15, -0.1) is 0 Å². The number of fused-ring (bicyclic) bond motifs is 1. The summed E-state index contributed by atoms with van der Waals surface area (Å²) in [5, 5.41) is 6.64. The summed E-state index contributed by atoms with van der Waals surface area (Å²) in [6, 6.07) is 15.6. The molecule has 0 aliphatic heterocycles. The Morgan fingerprint density at radius 1 is 0.800 bits per heavy atom. The van der Waals surface area contributed by atoms with Crippen molar-refractivity contribution >= 4 is 48.1 Å². The number of rotatable bonds is 4. The molecule has 3 aromatic rings. The summed E-state index contributed by atoms with van der Waals surface area (Å²) in [5.41, 5.74) is 0.0576. The second-order valence-electron chi connectivity index (χ2n) is 5.30. The molecule has 3 aromatic carbocycles. The summed E-state index contributed by atoms with van der Waals surface area (Å²) >= 11 is 5.98. The van der Waals surface area contributed by atoms with E-state index >= 15 is 0 Å². The summed E-state index contributed by atoms with van der Waals surface area (Å²) in [4.78, 5) is -0.135. The van der Waals surface area contributed by atoms with Crippen LogP contribution in [0.4, 0.5) is 5.69 Å². The van der Waals surface area contributed by atoms with E-state index in [0.717, 1.165) is 16.8 Å². The fourth-order valence-corrected chi connectivity index (χ4v) is 4.30. The van der Waals surface area contributed by atoms with E-state index in [1.54, 1.807) is 12.1 Å². The molecule has 0 bridgehead atoms. The van der Waals surface area contributed by atoms with Gasteiger partial charge >= 0.3 is 0 Å². The molecule has 3 rings (SSSR count). The third-order valence-corrected chi connectivity index (χ3v) is 6.13. The van der Waals surface area contributed by atoms with Crippen molar-refractivity contribution in [1.82, 2.24) is 0 Å². The van der Waals surface area contributed by atoms with Gasteiger partial charge < -0.3 is 0 Å². The normalized spacial score (nSPS) is 12.2. The molecule has 0 aliphatic carbocycles. The van der Waals surface area contributed by atoms with Crippen LogP contribution in [0.3, 0.4) is 0 Å². The van der Waals surface area contributed by atoms with Gasteiger partial charge in [-0.05, 0) is 41.1 Å². The largest absolute Gasteiger partial charge is 0.278 e. The number of nitrogens with two attached hydrogens (primary N) is 1. The standard InChI is InChI=1S/C16H13ClN2O4S2/c17-15-10-13(24(18,20)21)7-8-16(15)19-25(22,23)14-6-5-11-3-1-2-4-12(11)9-14/h1-10,19H,(H2,18,20,21). The van der Waals surface area contributed by atoms with Crippen molar-refractivity contribution in [2.75, 3.05) is 4.72 Å². The highest BCUT2D eigenvalue weighted by Gasteiger charge is 2.18. The summed E-state index contributed by atoms with van der Waals surface area (Å²) in [6.07, 6.45) is 0. The first-order valence-corrected chi connectivity index (χ1v) is 10.4. The van der Waals surface area contributed by atoms with Crippen LogP contribution >= 0.6 is 11.6 Å². The lowest BCUT2D eigenvalue weighted by Gasteiger charge is -2.11. The third-order valence-electron chi connectivity index (χ3n) is 3.54. The molecule has 0 amide bonds. The molecule has 0 fully saturated rings. The number of halogens is 1. The number of benzene rings is 3. The van der Waals surface area contributed by atoms with Crippen molar-refractivity contribution < 1.29 is 16.8 Å². The molecule has 3 N–H and O–H groups in total. The minimum atomic E-state index is -3.92. The van der Waals surface area contributed by atoms with E-state index in [1.807, 2.05) is 24.3 Å². The molecule has 0 unspecified atom stereocenters. The van der Waals surface area contributed by atoms with Crippen molar-refractivity contribution in [2.45, 2.75) is 9.79 Å². The Bertz CT molecular complexity index is 1180. The zero-order valence-electron chi connectivity index (χ0n) is 12.7. The zero-order valence-corrected chi connectivity index (χ0v) is 15.1. The molecule has 0 saturated carbocycles. The molecule has 9 heteroatoms. The second-order valence-corrected chi connectivity index (χ2v) is 8.95. The van der Waals surface area contributed by atoms with Crippen LogP contribution in [0.15, 0.2) is 70.5 Å². The summed E-state index contributed by atoms with van der Waals surface area (Å²) in [7, 11) is -7.81. The first kappa shape index (κ1) is 17.7. The zero-order chi connectivity index (χ0) is 18.2. The highest BCUT2D eigenvalue weighted by atomic mass is 35.5. The minimum Gasteiger partial charge on any atom is -0.278 e. The van der Waals surface area contributed by atoms with E-state index in [-0.39, 0.29) is 20.5 Å². The quantitative estimate of drug-likeness (QED) is 0.706. The smallest absolute Gasteiger partial charge is 0.261 e. The van der Waals surface area contributed by atoms with E-state index in [1.165, 1.54) is 18.2 Å². The number of sulfonamides is 2. The Labute approximate surface area is 150 Å². The van der Waals surface area contributed by atoms with Crippen LogP contribution in [0.1, 0.15) is 0 Å². The van der Waals surface area contributed by atoms with E-state index in [4.69, 9.17) is 16.7 Å². The van der Waals surface area contributed by atoms with E-state index in [2.05, 4.69) is 4.72 Å². The molecule has 0 spiro atoms. The van der Waals surface area contributed by atoms with Crippen LogP contribution in [0, 0.1) is 0 Å². The third kappa shape index (κ3) is 3.77. The van der Waals surface area contributed by atoms with Crippen molar-refractivity contribution in [1.29, 1.82) is 0 Å². The van der Waals surface area contributed by atoms with Gasteiger partial charge in [0.1, 0.15) is 0 Å². The molecule has 0 aromatic heterocycles. The Hall–Kier alpha value is -2.13. The van der Waals surface area contributed by atoms with Crippen molar-refractivity contribution in [3.8, 4) is 0 Å². The predicted molar refractivity (Wildman–Crippen MR) is 97.6 cm³/mol. The number of anilines is 1. The maximum absolute atomic E-state index is 12.6. The van der Waals surface area contributed by atoms with Gasteiger partial charge in [0.25, 0.3) is 10.0 Å². The van der Waals surface area contributed by atoms with Gasteiger partial charge in [-0.3, -0.25) is 4.72 Å². The number of hydrogen-bond acceptors (Lipinski definition) is 4. The lowest BCUT2D eigenvalue weighted by molar-refractivity contribution is 0.597. The van der Waals surface area contributed by atoms with Crippen molar-refractivity contribution in [3.05, 3.63) is 65.7 Å². The molecule has 130 valence electrons. The maximum atomic E-state index is 12.6. The predicted octanol–water partition coefficient (Wildman–Crippen LogP) is 2.94. The fraction of sp³-hybridized carbons (Fsp3) is 0. The molecule has 0 aliphatic rings. The summed E-state index contributed by atoms with van der Waals surface area (Å²) < 4.78 is 50.1. The second kappa shape index (κ2) is 6.30. The van der Waals surface area contributed by atoms with E-state index in [9.17, 15) is 16.8 Å². The number of hydrogen-bond donors (Lipinski definition) is 2. The van der Waals surface area contributed by atoms with Gasteiger partial charge in [-0.25, -0.2) is 22.0 Å². The summed E-state index contributed by atoms with van der Waals surface area (Å²) in [5.74, 6) is 0. The summed E-state index contributed by atoms with van der Waals surface area (Å²) in [6.45, 7) is 0. The molecule has 0 heterocycles. The first-order valence-electron chi connectivity index (χ1n) is 7.01. The van der Waals surface area contributed by atoms with Crippen molar-refractivity contribution in [3.63, 3.8) is 0 Å². The Morgan fingerprint density at radius 2 is 1.44 bits per heavy atom. The van der Waals surface area contributed by atoms with Gasteiger partial charge in [0.15, 0.2) is 0 Å². The number of nitrogens with one attached hydrogen (secondary N) is 1. The van der Waals surface area contributed by atoms with Gasteiger partial charge in [-0.2, -0.15) is 0 Å². The van der Waals surface area contributed by atoms with Crippen LogP contribution in [0.2, 0.25) is 5.02 Å². The van der Waals surface area contributed by atoms with Gasteiger partial charge in [0.2, 0.25) is 10.0 Å². The average Bonchev–Trinajstić information content (AvgIpc) is 2.55. The maximum Gasteiger partial charge on any atom is 0.261 e. The SMILES string of the molecule is NS(=O)(=O)c1ccc(NS(=O)(=O)c2ccc3ccccc3c2)c(Cl)c1. The average molecular weight is 397 g/mol. The molecule has 0 radical (unpaired) electrons. The fourth-order valence-electron chi connectivity index (χ4n) is 2.29. The Kier molecular flexibility index (Phi) is 4.46. The molecular formula is C16H13ClN2O4S2. The highest BCUT2D eigenvalue weighted by molar-refractivity contribution is 7.92. The topological polar surface area (TPSA) is 106 Å². The van der Waals surface area contributed by atoms with Crippen LogP contribution in [-0.4, -0.2) is 16.8 Å². The van der Waals surface area contributed by atoms with Gasteiger partial charge in [0, 0.05) is 0 Å². The number of primary sulfonamides is 1. The minimum absolute atomic E-state index is 0.0576. The monoisotopic (exact) mass is 396 g/mol. The Balaban J connectivity index is 1.98. The molecule has 25 heavy (non-hydrogen) atoms. The lowest BCUT2D eigenvalue weighted by Crippen LogP contribution is -2.15. The van der Waals surface area contributed by atoms with Crippen LogP contribution in [0.5, 0.6) is 0 Å². The molecule has 0 saturated heterocycles. The van der Waals surface area contributed by atoms with Gasteiger partial charge in [0.05, 0.1) is 20.5 Å². The van der Waals surface area contributed by atoms with Gasteiger partial charge in [-0.1, -0.05) is 41.9 Å². The van der Waals surface area contributed by atoms with E-state index < -0.39 is 20.0 Å². The molecule has 6 nitrogen and oxygen atoms in total. The molecular weight excluding hydrogens is 384 g/mol. The molecule has 0 atom stereocenters. The Morgan fingerprint density at radius 3 is 2.08 bits per heavy atom. The first-order chi connectivity index (χ1) is 11.7. The van der Waals surface area contributed by atoms with Crippen LogP contribution in [0.25, 0.3) is 10.8 Å².